The molecule has 26 heteroatoms. The number of ether oxygens (including phenoxy) is 9. The Bertz CT molecular complexity index is 1180. The summed E-state index contributed by atoms with van der Waals surface area (Å²) >= 11 is 0. The second-order valence-corrected chi connectivity index (χ2v) is 14.0. The SMILES string of the molecule is COCC1O[C@H](OC2C(O)[C@@H](OC3C(O)[C@@H](OC4C(O)[C@@H](OC(CO)C(O)C(O)C(O)CO)OC(CO)[C@H]4O)OC(CO)[C@H]3O)OC(CO)[C@H]2O)C(O)C(O)[C@@H]1O. The van der Waals surface area contributed by atoms with Gasteiger partial charge in [-0.1, -0.05) is 0 Å². The van der Waals surface area contributed by atoms with Crippen molar-refractivity contribution < 1.29 is 129 Å². The Morgan fingerprint density at radius 3 is 1.21 bits per heavy atom. The smallest absolute Gasteiger partial charge is 0.187 e. The lowest BCUT2D eigenvalue weighted by atomic mass is 9.95. The molecule has 4 aliphatic rings. The Morgan fingerprint density at radius 1 is 0.439 bits per heavy atom. The Kier molecular flexibility index (Phi) is 18.5. The number of aliphatic hydroxyl groups excluding tert-OH is 17. The van der Waals surface area contributed by atoms with Gasteiger partial charge in [-0.3, -0.25) is 0 Å². The van der Waals surface area contributed by atoms with Crippen molar-refractivity contribution in [3.05, 3.63) is 0 Å². The van der Waals surface area contributed by atoms with E-state index in [-0.39, 0.29) is 6.61 Å². The van der Waals surface area contributed by atoms with Crippen LogP contribution in [0.15, 0.2) is 0 Å². The predicted molar refractivity (Wildman–Crippen MR) is 174 cm³/mol. The highest BCUT2D eigenvalue weighted by Gasteiger charge is 2.56. The molecule has 0 radical (unpaired) electrons. The standard InChI is InChI=1S/C31H56O26/c1-49-7-13-16(40)20(44)21(45)28(54-13)55-26-18(42)11(5-35)52-30(23(26)47)57-27-19(43)12(6-36)53-31(24(27)48)56-25-17(41)10(4-34)51-29(22(25)46)50-9(3-33)15(39)14(38)8(37)2-32/h8-48H,2-7H2,1H3/t8?,9?,10?,11?,12?,13?,14?,15?,16-,17-,18-,19-,20?,21?,22?,23?,24?,25?,26?,27?,28-,29+,30-,31-/m1/s1. The highest BCUT2D eigenvalue weighted by atomic mass is 16.8. The zero-order chi connectivity index (χ0) is 42.5. The summed E-state index contributed by atoms with van der Waals surface area (Å²) in [6.07, 6.45) is -45.4. The zero-order valence-electron chi connectivity index (χ0n) is 30.4. The van der Waals surface area contributed by atoms with Crippen molar-refractivity contribution in [1.29, 1.82) is 0 Å². The molecule has 0 spiro atoms. The lowest BCUT2D eigenvalue weighted by Crippen LogP contribution is -2.68. The molecule has 0 aromatic rings. The van der Waals surface area contributed by atoms with E-state index in [0.717, 1.165) is 0 Å². The number of aliphatic hydroxyl groups is 17. The van der Waals surface area contributed by atoms with Crippen molar-refractivity contribution in [2.24, 2.45) is 0 Å². The zero-order valence-corrected chi connectivity index (χ0v) is 30.4. The van der Waals surface area contributed by atoms with Gasteiger partial charge in [0.05, 0.1) is 39.6 Å². The van der Waals surface area contributed by atoms with Crippen LogP contribution in [0, 0.1) is 0 Å². The van der Waals surface area contributed by atoms with Crippen LogP contribution < -0.4 is 0 Å². The number of methoxy groups -OCH3 is 1. The molecule has 4 rings (SSSR count). The average molecular weight is 845 g/mol. The van der Waals surface area contributed by atoms with E-state index in [1.54, 1.807) is 0 Å². The Morgan fingerprint density at radius 2 is 0.825 bits per heavy atom. The van der Waals surface area contributed by atoms with Gasteiger partial charge in [0.15, 0.2) is 25.2 Å². The Balaban J connectivity index is 1.54. The van der Waals surface area contributed by atoms with Gasteiger partial charge in [0.2, 0.25) is 0 Å². The highest BCUT2D eigenvalue weighted by molar-refractivity contribution is 4.98. The summed E-state index contributed by atoms with van der Waals surface area (Å²) in [5.41, 5.74) is 0. The molecule has 24 atom stereocenters. The largest absolute Gasteiger partial charge is 0.394 e. The summed E-state index contributed by atoms with van der Waals surface area (Å²) in [4.78, 5) is 0. The molecule has 0 aromatic heterocycles. The van der Waals surface area contributed by atoms with E-state index in [1.807, 2.05) is 0 Å². The van der Waals surface area contributed by atoms with Gasteiger partial charge in [0.25, 0.3) is 0 Å². The number of hydrogen-bond acceptors (Lipinski definition) is 26. The van der Waals surface area contributed by atoms with Gasteiger partial charge in [-0.05, 0) is 0 Å². The van der Waals surface area contributed by atoms with Crippen LogP contribution in [-0.2, 0) is 42.6 Å². The van der Waals surface area contributed by atoms with Crippen LogP contribution in [0.5, 0.6) is 0 Å². The second kappa shape index (κ2) is 21.7. The maximum atomic E-state index is 11.4. The molecule has 4 heterocycles. The third-order valence-electron chi connectivity index (χ3n) is 10.1. The maximum absolute atomic E-state index is 11.4. The summed E-state index contributed by atoms with van der Waals surface area (Å²) in [6.45, 7) is -5.24. The van der Waals surface area contributed by atoms with E-state index in [4.69, 9.17) is 47.7 Å². The first-order chi connectivity index (χ1) is 27.0. The van der Waals surface area contributed by atoms with Crippen molar-refractivity contribution in [2.45, 2.75) is 147 Å². The van der Waals surface area contributed by atoms with Gasteiger partial charge < -0.3 is 129 Å². The fourth-order valence-corrected chi connectivity index (χ4v) is 6.73. The van der Waals surface area contributed by atoms with Crippen LogP contribution in [0.4, 0.5) is 0 Å². The lowest BCUT2D eigenvalue weighted by molar-refractivity contribution is -0.392. The summed E-state index contributed by atoms with van der Waals surface area (Å²) in [7, 11) is 1.26. The minimum absolute atomic E-state index is 0.285. The average Bonchev–Trinajstić information content (AvgIpc) is 3.20. The van der Waals surface area contributed by atoms with E-state index >= 15 is 0 Å². The van der Waals surface area contributed by atoms with Crippen LogP contribution in [-0.4, -0.2) is 281 Å². The summed E-state index contributed by atoms with van der Waals surface area (Å²) in [5, 5.41) is 177. The molecule has 0 bridgehead atoms. The molecule has 0 saturated carbocycles. The van der Waals surface area contributed by atoms with Gasteiger partial charge in [0.1, 0.15) is 122 Å². The molecule has 16 unspecified atom stereocenters. The normalized spacial score (nSPS) is 46.6. The molecule has 0 aliphatic carbocycles. The molecule has 17 N–H and O–H groups in total. The second-order valence-electron chi connectivity index (χ2n) is 14.0. The molecule has 4 saturated heterocycles. The first-order valence-electron chi connectivity index (χ1n) is 17.9. The minimum atomic E-state index is -2.18. The van der Waals surface area contributed by atoms with E-state index in [2.05, 4.69) is 0 Å². The molecule has 4 aliphatic heterocycles. The Labute approximate surface area is 323 Å². The molecule has 4 fully saturated rings. The van der Waals surface area contributed by atoms with E-state index in [1.165, 1.54) is 7.11 Å². The summed E-state index contributed by atoms with van der Waals surface area (Å²) < 4.78 is 49.1. The molecule has 0 amide bonds. The van der Waals surface area contributed by atoms with Crippen LogP contribution in [0.25, 0.3) is 0 Å². The van der Waals surface area contributed by atoms with Gasteiger partial charge in [-0.2, -0.15) is 0 Å². The minimum Gasteiger partial charge on any atom is -0.394 e. The topological polar surface area (TPSA) is 427 Å². The van der Waals surface area contributed by atoms with Gasteiger partial charge in [-0.15, -0.1) is 0 Å². The predicted octanol–water partition coefficient (Wildman–Crippen LogP) is -11.6. The number of rotatable bonds is 18. The third-order valence-corrected chi connectivity index (χ3v) is 10.1. The molecule has 336 valence electrons. The first kappa shape index (κ1) is 48.6. The quantitative estimate of drug-likeness (QED) is 0.0609. The summed E-state index contributed by atoms with van der Waals surface area (Å²) in [5.74, 6) is 0. The van der Waals surface area contributed by atoms with Crippen molar-refractivity contribution in [3.63, 3.8) is 0 Å². The Hall–Kier alpha value is -1.04. The maximum Gasteiger partial charge on any atom is 0.187 e. The first-order valence-corrected chi connectivity index (χ1v) is 17.9. The highest BCUT2D eigenvalue weighted by Crippen LogP contribution is 2.35. The number of hydrogen-bond donors (Lipinski definition) is 17. The van der Waals surface area contributed by atoms with Crippen molar-refractivity contribution in [2.75, 3.05) is 46.8 Å². The van der Waals surface area contributed by atoms with Crippen molar-refractivity contribution in [3.8, 4) is 0 Å². The van der Waals surface area contributed by atoms with Crippen molar-refractivity contribution >= 4 is 0 Å². The molecular weight excluding hydrogens is 788 g/mol. The van der Waals surface area contributed by atoms with Crippen molar-refractivity contribution in [1.82, 2.24) is 0 Å². The van der Waals surface area contributed by atoms with E-state index in [0.29, 0.717) is 0 Å². The van der Waals surface area contributed by atoms with Gasteiger partial charge in [0, 0.05) is 7.11 Å². The molecule has 57 heavy (non-hydrogen) atoms. The molecular formula is C31H56O26. The molecule has 26 nitrogen and oxygen atoms in total. The van der Waals surface area contributed by atoms with Crippen LogP contribution in [0.1, 0.15) is 0 Å². The third kappa shape index (κ3) is 10.7. The van der Waals surface area contributed by atoms with E-state index < -0.39 is 180 Å². The van der Waals surface area contributed by atoms with Gasteiger partial charge >= 0.3 is 0 Å². The molecule has 0 aromatic carbocycles. The van der Waals surface area contributed by atoms with Crippen LogP contribution in [0.2, 0.25) is 0 Å². The summed E-state index contributed by atoms with van der Waals surface area (Å²) in [6, 6.07) is 0. The van der Waals surface area contributed by atoms with E-state index in [9.17, 15) is 81.7 Å². The fraction of sp³-hybridized carbons (Fsp3) is 1.00. The fourth-order valence-electron chi connectivity index (χ4n) is 6.73. The van der Waals surface area contributed by atoms with Gasteiger partial charge in [-0.25, -0.2) is 0 Å². The monoisotopic (exact) mass is 844 g/mol. The van der Waals surface area contributed by atoms with Crippen LogP contribution in [0.3, 0.4) is 0 Å². The van der Waals surface area contributed by atoms with Crippen LogP contribution >= 0.6 is 0 Å². The lowest BCUT2D eigenvalue weighted by Gasteiger charge is -2.49.